The Kier molecular flexibility index (Phi) is 1.62. The Morgan fingerprint density at radius 3 is 2.15 bits per heavy atom. The highest BCUT2D eigenvalue weighted by molar-refractivity contribution is 5.17. The second-order valence-corrected chi connectivity index (χ2v) is 5.37. The lowest BCUT2D eigenvalue weighted by atomic mass is 10.0. The molecule has 76 valence electrons. The second kappa shape index (κ2) is 2.25. The van der Waals surface area contributed by atoms with Gasteiger partial charge in [-0.15, -0.1) is 0 Å². The van der Waals surface area contributed by atoms with Crippen LogP contribution in [0.5, 0.6) is 0 Å². The van der Waals surface area contributed by atoms with Crippen molar-refractivity contribution < 1.29 is 8.78 Å². The molecule has 0 aromatic heterocycles. The van der Waals surface area contributed by atoms with Crippen molar-refractivity contribution in [2.75, 3.05) is 6.54 Å². The molecule has 2 rings (SSSR count). The number of hydrogen-bond acceptors (Lipinski definition) is 1. The van der Waals surface area contributed by atoms with E-state index in [1.807, 2.05) is 6.92 Å². The first-order valence-electron chi connectivity index (χ1n) is 4.91. The molecule has 0 radical (unpaired) electrons. The third kappa shape index (κ3) is 1.13. The summed E-state index contributed by atoms with van der Waals surface area (Å²) in [7, 11) is 0. The molecule has 2 aliphatic rings. The number of halogens is 2. The van der Waals surface area contributed by atoms with Gasteiger partial charge in [0.2, 0.25) is 0 Å². The van der Waals surface area contributed by atoms with Crippen LogP contribution in [-0.2, 0) is 0 Å². The van der Waals surface area contributed by atoms with E-state index in [1.165, 1.54) is 0 Å². The van der Waals surface area contributed by atoms with E-state index in [1.54, 1.807) is 0 Å². The van der Waals surface area contributed by atoms with E-state index in [-0.39, 0.29) is 23.4 Å². The maximum absolute atomic E-state index is 13.0. The molecule has 2 fully saturated rings. The van der Waals surface area contributed by atoms with Crippen molar-refractivity contribution in [1.82, 2.24) is 4.90 Å². The standard InChI is InChI=1S/C10H17F2N/c1-6-8-7(10(8,11)12)5-13(6)9(2,3)4/h6-8H,5H2,1-4H3/t6-,7?,8?/m1/s1. The zero-order chi connectivity index (χ0) is 10.0. The van der Waals surface area contributed by atoms with Crippen LogP contribution in [-0.4, -0.2) is 28.9 Å². The monoisotopic (exact) mass is 189 g/mol. The highest BCUT2D eigenvalue weighted by Crippen LogP contribution is 2.62. The molecular formula is C10H17F2N. The Bertz CT molecular complexity index is 232. The molecule has 3 heteroatoms. The maximum Gasteiger partial charge on any atom is 0.257 e. The SMILES string of the molecule is C[C@@H]1C2C(CN1C(C)(C)C)C2(F)F. The number of rotatable bonds is 0. The first-order chi connectivity index (χ1) is 5.76. The topological polar surface area (TPSA) is 3.24 Å². The van der Waals surface area contributed by atoms with Gasteiger partial charge in [-0.1, -0.05) is 0 Å². The fraction of sp³-hybridized carbons (Fsp3) is 1.00. The second-order valence-electron chi connectivity index (χ2n) is 5.37. The molecule has 13 heavy (non-hydrogen) atoms. The Labute approximate surface area is 78.1 Å². The lowest BCUT2D eigenvalue weighted by Gasteiger charge is -2.38. The normalized spacial score (nSPS) is 43.4. The van der Waals surface area contributed by atoms with Gasteiger partial charge >= 0.3 is 0 Å². The van der Waals surface area contributed by atoms with E-state index in [9.17, 15) is 8.78 Å². The van der Waals surface area contributed by atoms with Crippen molar-refractivity contribution in [3.05, 3.63) is 0 Å². The molecule has 0 aromatic rings. The summed E-state index contributed by atoms with van der Waals surface area (Å²) in [4.78, 5) is 2.19. The molecular weight excluding hydrogens is 172 g/mol. The van der Waals surface area contributed by atoms with Gasteiger partial charge in [0.25, 0.3) is 5.92 Å². The minimum Gasteiger partial charge on any atom is -0.295 e. The average molecular weight is 189 g/mol. The number of likely N-dealkylation sites (tertiary alicyclic amines) is 1. The maximum atomic E-state index is 13.0. The molecule has 1 aliphatic heterocycles. The molecule has 1 aliphatic carbocycles. The van der Waals surface area contributed by atoms with Gasteiger partial charge in [-0.05, 0) is 27.7 Å². The largest absolute Gasteiger partial charge is 0.295 e. The molecule has 1 saturated heterocycles. The fourth-order valence-electron chi connectivity index (χ4n) is 2.77. The summed E-state index contributed by atoms with van der Waals surface area (Å²) >= 11 is 0. The lowest BCUT2D eigenvalue weighted by molar-refractivity contribution is 0.00754. The van der Waals surface area contributed by atoms with E-state index in [4.69, 9.17) is 0 Å². The van der Waals surface area contributed by atoms with Gasteiger partial charge in [0, 0.05) is 30.0 Å². The predicted molar refractivity (Wildman–Crippen MR) is 47.8 cm³/mol. The molecule has 1 saturated carbocycles. The summed E-state index contributed by atoms with van der Waals surface area (Å²) < 4.78 is 26.1. The van der Waals surface area contributed by atoms with Crippen molar-refractivity contribution in [2.24, 2.45) is 11.8 Å². The van der Waals surface area contributed by atoms with Gasteiger partial charge in [0.15, 0.2) is 0 Å². The van der Waals surface area contributed by atoms with E-state index in [0.29, 0.717) is 6.54 Å². The van der Waals surface area contributed by atoms with Crippen LogP contribution in [0.2, 0.25) is 0 Å². The van der Waals surface area contributed by atoms with Crippen LogP contribution in [0.25, 0.3) is 0 Å². The van der Waals surface area contributed by atoms with E-state index in [0.717, 1.165) is 0 Å². The van der Waals surface area contributed by atoms with Crippen LogP contribution < -0.4 is 0 Å². The molecule has 0 N–H and O–H groups in total. The Morgan fingerprint density at radius 1 is 1.31 bits per heavy atom. The van der Waals surface area contributed by atoms with Crippen LogP contribution in [0.4, 0.5) is 8.78 Å². The molecule has 0 bridgehead atoms. The third-order valence-electron chi connectivity index (χ3n) is 3.53. The van der Waals surface area contributed by atoms with Gasteiger partial charge < -0.3 is 0 Å². The fourth-order valence-corrected chi connectivity index (χ4v) is 2.77. The quantitative estimate of drug-likeness (QED) is 0.565. The summed E-state index contributed by atoms with van der Waals surface area (Å²) in [6.07, 6.45) is 0. The summed E-state index contributed by atoms with van der Waals surface area (Å²) in [6, 6.07) is 0.0417. The summed E-state index contributed by atoms with van der Waals surface area (Å²) in [5.41, 5.74) is 0.0307. The Hall–Kier alpha value is -0.180. The van der Waals surface area contributed by atoms with Gasteiger partial charge in [0.05, 0.1) is 0 Å². The molecule has 0 aromatic carbocycles. The number of fused-ring (bicyclic) bond motifs is 1. The number of hydrogen-bond donors (Lipinski definition) is 0. The Balaban J connectivity index is 2.11. The highest BCUT2D eigenvalue weighted by atomic mass is 19.3. The van der Waals surface area contributed by atoms with Crippen LogP contribution in [0.15, 0.2) is 0 Å². The Morgan fingerprint density at radius 2 is 1.85 bits per heavy atom. The molecule has 0 amide bonds. The molecule has 0 spiro atoms. The third-order valence-corrected chi connectivity index (χ3v) is 3.53. The number of nitrogens with zero attached hydrogens (tertiary/aromatic N) is 1. The van der Waals surface area contributed by atoms with Crippen LogP contribution in [0.3, 0.4) is 0 Å². The highest BCUT2D eigenvalue weighted by Gasteiger charge is 2.75. The van der Waals surface area contributed by atoms with Crippen LogP contribution in [0, 0.1) is 11.8 Å². The zero-order valence-corrected chi connectivity index (χ0v) is 8.64. The van der Waals surface area contributed by atoms with Crippen molar-refractivity contribution in [3.63, 3.8) is 0 Å². The minimum atomic E-state index is -2.36. The molecule has 1 heterocycles. The van der Waals surface area contributed by atoms with Crippen molar-refractivity contribution in [1.29, 1.82) is 0 Å². The van der Waals surface area contributed by atoms with Crippen molar-refractivity contribution >= 4 is 0 Å². The van der Waals surface area contributed by atoms with E-state index < -0.39 is 5.92 Å². The van der Waals surface area contributed by atoms with E-state index in [2.05, 4.69) is 25.7 Å². The zero-order valence-electron chi connectivity index (χ0n) is 8.64. The van der Waals surface area contributed by atoms with Crippen molar-refractivity contribution in [3.8, 4) is 0 Å². The molecule has 3 atom stereocenters. The van der Waals surface area contributed by atoms with Gasteiger partial charge in [-0.3, -0.25) is 4.90 Å². The lowest BCUT2D eigenvalue weighted by Crippen LogP contribution is -2.47. The minimum absolute atomic E-state index is 0.0307. The first kappa shape index (κ1) is 9.38. The first-order valence-corrected chi connectivity index (χ1v) is 4.91. The van der Waals surface area contributed by atoms with E-state index >= 15 is 0 Å². The summed E-state index contributed by atoms with van der Waals surface area (Å²) in [5.74, 6) is -3.09. The summed E-state index contributed by atoms with van der Waals surface area (Å²) in [5, 5.41) is 0. The van der Waals surface area contributed by atoms with Gasteiger partial charge in [-0.2, -0.15) is 0 Å². The summed E-state index contributed by atoms with van der Waals surface area (Å²) in [6.45, 7) is 8.77. The smallest absolute Gasteiger partial charge is 0.257 e. The van der Waals surface area contributed by atoms with Crippen molar-refractivity contribution in [2.45, 2.75) is 45.2 Å². The average Bonchev–Trinajstić information content (AvgIpc) is 2.33. The molecule has 2 unspecified atom stereocenters. The van der Waals surface area contributed by atoms with Gasteiger partial charge in [0.1, 0.15) is 0 Å². The number of piperidine rings is 1. The predicted octanol–water partition coefficient (Wildman–Crippen LogP) is 2.37. The van der Waals surface area contributed by atoms with Crippen LogP contribution in [0.1, 0.15) is 27.7 Å². The van der Waals surface area contributed by atoms with Crippen LogP contribution >= 0.6 is 0 Å². The van der Waals surface area contributed by atoms with Gasteiger partial charge in [-0.25, -0.2) is 8.78 Å². The molecule has 1 nitrogen and oxygen atoms in total. The number of alkyl halides is 2.